The van der Waals surface area contributed by atoms with Crippen LogP contribution in [0.1, 0.15) is 4.88 Å². The van der Waals surface area contributed by atoms with Crippen LogP contribution in [-0.4, -0.2) is 9.59 Å². The van der Waals surface area contributed by atoms with Crippen LogP contribution in [0.2, 0.25) is 0 Å². The first-order valence-corrected chi connectivity index (χ1v) is 5.67. The fourth-order valence-corrected chi connectivity index (χ4v) is 1.72. The average molecular weight is 270 g/mol. The van der Waals surface area contributed by atoms with Gasteiger partial charge in [-0.3, -0.25) is 0 Å². The molecule has 0 atom stereocenters. The molecule has 0 radical (unpaired) electrons. The lowest BCUT2D eigenvalue weighted by atomic mass is 10.3. The van der Waals surface area contributed by atoms with Crippen LogP contribution in [0.25, 0.3) is 0 Å². The molecule has 72 valence electrons. The quantitative estimate of drug-likeness (QED) is 0.931. The fraction of sp³-hybridized carbons (Fsp3) is 0.111. The highest BCUT2D eigenvalue weighted by atomic mass is 79.9. The minimum absolute atomic E-state index is 0.777. The van der Waals surface area contributed by atoms with Gasteiger partial charge in [-0.1, -0.05) is 20.4 Å². The molecule has 0 unspecified atom stereocenters. The van der Waals surface area contributed by atoms with Crippen LogP contribution in [0.15, 0.2) is 34.9 Å². The van der Waals surface area contributed by atoms with Gasteiger partial charge in [-0.25, -0.2) is 0 Å². The highest BCUT2D eigenvalue weighted by Crippen LogP contribution is 2.15. The third-order valence-corrected chi connectivity index (χ3v) is 2.91. The number of hydrogen-bond donors (Lipinski definition) is 1. The minimum atomic E-state index is 0.777. The standard InChI is InChI=1S/C9H8BrN3S/c10-7-1-3-8(4-2-7)11-5-9-6-12-13-14-9/h1-4,6,11H,5H2. The smallest absolute Gasteiger partial charge is 0.0671 e. The van der Waals surface area contributed by atoms with Gasteiger partial charge in [0.15, 0.2) is 0 Å². The first-order valence-electron chi connectivity index (χ1n) is 4.10. The Bertz CT molecular complexity index is 385. The molecule has 0 aliphatic carbocycles. The lowest BCUT2D eigenvalue weighted by Crippen LogP contribution is -1.96. The van der Waals surface area contributed by atoms with Gasteiger partial charge in [-0.2, -0.15) is 0 Å². The zero-order chi connectivity index (χ0) is 9.80. The fourth-order valence-electron chi connectivity index (χ4n) is 1.02. The third kappa shape index (κ3) is 2.52. The second-order valence-electron chi connectivity index (χ2n) is 2.74. The molecular formula is C9H8BrN3S. The summed E-state index contributed by atoms with van der Waals surface area (Å²) in [6, 6.07) is 8.07. The number of halogens is 1. The van der Waals surface area contributed by atoms with Crippen LogP contribution < -0.4 is 5.32 Å². The third-order valence-electron chi connectivity index (χ3n) is 1.72. The Hall–Kier alpha value is -0.940. The lowest BCUT2D eigenvalue weighted by molar-refractivity contribution is 1.12. The van der Waals surface area contributed by atoms with Crippen molar-refractivity contribution in [3.63, 3.8) is 0 Å². The van der Waals surface area contributed by atoms with E-state index in [1.54, 1.807) is 6.20 Å². The molecule has 1 N–H and O–H groups in total. The highest BCUT2D eigenvalue weighted by Gasteiger charge is 1.95. The van der Waals surface area contributed by atoms with Crippen LogP contribution in [-0.2, 0) is 6.54 Å². The highest BCUT2D eigenvalue weighted by molar-refractivity contribution is 9.10. The van der Waals surface area contributed by atoms with E-state index in [9.17, 15) is 0 Å². The number of hydrogen-bond acceptors (Lipinski definition) is 4. The average Bonchev–Trinajstić information content (AvgIpc) is 2.70. The SMILES string of the molecule is Brc1ccc(NCc2cnns2)cc1. The van der Waals surface area contributed by atoms with Crippen molar-refractivity contribution in [3.8, 4) is 0 Å². The van der Waals surface area contributed by atoms with E-state index in [0.29, 0.717) is 0 Å². The molecule has 5 heteroatoms. The number of nitrogens with zero attached hydrogens (tertiary/aromatic N) is 2. The Labute approximate surface area is 94.5 Å². The van der Waals surface area contributed by atoms with Crippen LogP contribution in [0.5, 0.6) is 0 Å². The van der Waals surface area contributed by atoms with Crippen molar-refractivity contribution in [2.24, 2.45) is 0 Å². The van der Waals surface area contributed by atoms with Crippen molar-refractivity contribution in [2.45, 2.75) is 6.54 Å². The number of anilines is 1. The Morgan fingerprint density at radius 1 is 1.29 bits per heavy atom. The second kappa shape index (κ2) is 4.52. The maximum Gasteiger partial charge on any atom is 0.0671 e. The van der Waals surface area contributed by atoms with Gasteiger partial charge in [0.1, 0.15) is 0 Å². The van der Waals surface area contributed by atoms with E-state index >= 15 is 0 Å². The van der Waals surface area contributed by atoms with Crippen molar-refractivity contribution in [1.29, 1.82) is 0 Å². The zero-order valence-corrected chi connectivity index (χ0v) is 9.68. The van der Waals surface area contributed by atoms with Crippen LogP contribution >= 0.6 is 27.5 Å². The number of benzene rings is 1. The monoisotopic (exact) mass is 269 g/mol. The molecule has 0 saturated heterocycles. The van der Waals surface area contributed by atoms with Crippen molar-refractivity contribution >= 4 is 33.1 Å². The summed E-state index contributed by atoms with van der Waals surface area (Å²) in [5.41, 5.74) is 1.10. The zero-order valence-electron chi connectivity index (χ0n) is 7.27. The van der Waals surface area contributed by atoms with Gasteiger partial charge in [0.2, 0.25) is 0 Å². The molecule has 1 aromatic heterocycles. The van der Waals surface area contributed by atoms with Crippen LogP contribution in [0.4, 0.5) is 5.69 Å². The van der Waals surface area contributed by atoms with Crippen molar-refractivity contribution in [3.05, 3.63) is 39.8 Å². The summed E-state index contributed by atoms with van der Waals surface area (Å²) in [4.78, 5) is 1.13. The Balaban J connectivity index is 1.95. The molecule has 0 amide bonds. The first-order chi connectivity index (χ1) is 6.84. The van der Waals surface area contributed by atoms with E-state index in [4.69, 9.17) is 0 Å². The molecular weight excluding hydrogens is 262 g/mol. The number of rotatable bonds is 3. The topological polar surface area (TPSA) is 37.8 Å². The maximum absolute atomic E-state index is 3.79. The molecule has 0 aliphatic heterocycles. The van der Waals surface area contributed by atoms with Gasteiger partial charge < -0.3 is 5.32 Å². The predicted octanol–water partition coefficient (Wildman–Crippen LogP) is 2.91. The molecule has 0 saturated carbocycles. The van der Waals surface area contributed by atoms with E-state index in [1.165, 1.54) is 11.5 Å². The predicted molar refractivity (Wildman–Crippen MR) is 61.4 cm³/mol. The Morgan fingerprint density at radius 3 is 2.71 bits per heavy atom. The van der Waals surface area contributed by atoms with E-state index in [-0.39, 0.29) is 0 Å². The molecule has 0 fully saturated rings. The lowest BCUT2D eigenvalue weighted by Gasteiger charge is -2.03. The normalized spacial score (nSPS) is 10.1. The number of aromatic nitrogens is 2. The van der Waals surface area contributed by atoms with Crippen molar-refractivity contribution in [2.75, 3.05) is 5.32 Å². The van der Waals surface area contributed by atoms with E-state index in [0.717, 1.165) is 21.6 Å². The summed E-state index contributed by atoms with van der Waals surface area (Å²) in [7, 11) is 0. The van der Waals surface area contributed by atoms with Gasteiger partial charge in [-0.05, 0) is 35.8 Å². The van der Waals surface area contributed by atoms with Gasteiger partial charge in [-0.15, -0.1) is 5.10 Å². The molecule has 2 aromatic rings. The summed E-state index contributed by atoms with van der Waals surface area (Å²) in [5.74, 6) is 0. The van der Waals surface area contributed by atoms with Crippen LogP contribution in [0, 0.1) is 0 Å². The minimum Gasteiger partial charge on any atom is -0.380 e. The number of nitrogens with one attached hydrogen (secondary N) is 1. The summed E-state index contributed by atoms with van der Waals surface area (Å²) < 4.78 is 4.88. The largest absolute Gasteiger partial charge is 0.380 e. The van der Waals surface area contributed by atoms with Gasteiger partial charge in [0.25, 0.3) is 0 Å². The van der Waals surface area contributed by atoms with Gasteiger partial charge in [0.05, 0.1) is 17.6 Å². The van der Waals surface area contributed by atoms with Gasteiger partial charge in [0, 0.05) is 10.2 Å². The van der Waals surface area contributed by atoms with E-state index in [2.05, 4.69) is 30.8 Å². The molecule has 3 nitrogen and oxygen atoms in total. The molecule has 0 aliphatic rings. The van der Waals surface area contributed by atoms with Gasteiger partial charge >= 0.3 is 0 Å². The molecule has 0 bridgehead atoms. The summed E-state index contributed by atoms with van der Waals surface area (Å²) in [6.45, 7) is 0.777. The molecule has 1 heterocycles. The first kappa shape index (κ1) is 9.61. The molecule has 1 aromatic carbocycles. The van der Waals surface area contributed by atoms with E-state index < -0.39 is 0 Å². The Morgan fingerprint density at radius 2 is 2.07 bits per heavy atom. The molecule has 2 rings (SSSR count). The van der Waals surface area contributed by atoms with Crippen LogP contribution in [0.3, 0.4) is 0 Å². The summed E-state index contributed by atoms with van der Waals surface area (Å²) in [5, 5.41) is 7.05. The van der Waals surface area contributed by atoms with Crippen molar-refractivity contribution < 1.29 is 0 Å². The molecule has 0 spiro atoms. The summed E-state index contributed by atoms with van der Waals surface area (Å²) >= 11 is 4.80. The van der Waals surface area contributed by atoms with Crippen molar-refractivity contribution in [1.82, 2.24) is 9.59 Å². The molecule has 14 heavy (non-hydrogen) atoms. The second-order valence-corrected chi connectivity index (χ2v) is 4.53. The Kier molecular flexibility index (Phi) is 3.10. The van der Waals surface area contributed by atoms with E-state index in [1.807, 2.05) is 24.3 Å². The maximum atomic E-state index is 3.79. The summed E-state index contributed by atoms with van der Waals surface area (Å²) in [6.07, 6.45) is 1.77.